The van der Waals surface area contributed by atoms with Gasteiger partial charge in [-0.05, 0) is 32.9 Å². The van der Waals surface area contributed by atoms with E-state index in [0.717, 1.165) is 0 Å². The summed E-state index contributed by atoms with van der Waals surface area (Å²) >= 11 is 0. The molecule has 0 saturated carbocycles. The fourth-order valence-electron chi connectivity index (χ4n) is 2.56. The summed E-state index contributed by atoms with van der Waals surface area (Å²) in [5.41, 5.74) is 1.84. The van der Waals surface area contributed by atoms with Gasteiger partial charge in [0.05, 0.1) is 12.1 Å². The van der Waals surface area contributed by atoms with Crippen molar-refractivity contribution in [1.29, 1.82) is 0 Å². The van der Waals surface area contributed by atoms with Crippen LogP contribution >= 0.6 is 0 Å². The highest BCUT2D eigenvalue weighted by Gasteiger charge is 2.21. The van der Waals surface area contributed by atoms with E-state index in [0.29, 0.717) is 47.4 Å². The van der Waals surface area contributed by atoms with Gasteiger partial charge >= 0.3 is 5.97 Å². The second-order valence-electron chi connectivity index (χ2n) is 5.96. The van der Waals surface area contributed by atoms with Gasteiger partial charge in [0, 0.05) is 17.3 Å². The Morgan fingerprint density at radius 3 is 2.65 bits per heavy atom. The standard InChI is InChI=1S/C18H20N2O6/c1-10-14(11(2)26-20-10)9-17(21)25-12(3)18(22)19-13-4-5-15-16(8-13)24-7-6-23-15/h4-5,8,12H,6-7,9H2,1-3H3,(H,19,22)/t12-/m1/s1. The summed E-state index contributed by atoms with van der Waals surface area (Å²) in [5, 5.41) is 6.49. The molecule has 0 aliphatic carbocycles. The zero-order valence-corrected chi connectivity index (χ0v) is 14.8. The molecule has 138 valence electrons. The Morgan fingerprint density at radius 2 is 1.96 bits per heavy atom. The molecule has 1 aliphatic heterocycles. The highest BCUT2D eigenvalue weighted by Crippen LogP contribution is 2.32. The quantitative estimate of drug-likeness (QED) is 0.816. The van der Waals surface area contributed by atoms with Gasteiger partial charge in [-0.25, -0.2) is 0 Å². The number of rotatable bonds is 5. The van der Waals surface area contributed by atoms with E-state index >= 15 is 0 Å². The molecule has 0 saturated heterocycles. The van der Waals surface area contributed by atoms with Crippen molar-refractivity contribution in [2.24, 2.45) is 0 Å². The molecule has 1 aromatic heterocycles. The molecule has 1 aliphatic rings. The maximum atomic E-state index is 12.3. The van der Waals surface area contributed by atoms with Crippen LogP contribution in [0.25, 0.3) is 0 Å². The molecule has 3 rings (SSSR count). The molecule has 8 nitrogen and oxygen atoms in total. The first-order chi connectivity index (χ1) is 12.4. The Kier molecular flexibility index (Phi) is 5.11. The Labute approximate surface area is 150 Å². The van der Waals surface area contributed by atoms with Crippen LogP contribution in [-0.2, 0) is 20.7 Å². The third-order valence-electron chi connectivity index (χ3n) is 3.99. The van der Waals surface area contributed by atoms with Gasteiger partial charge in [0.2, 0.25) is 0 Å². The summed E-state index contributed by atoms with van der Waals surface area (Å²) in [6.07, 6.45) is -0.945. The molecule has 2 heterocycles. The van der Waals surface area contributed by atoms with Crippen LogP contribution in [0.2, 0.25) is 0 Å². The van der Waals surface area contributed by atoms with Crippen LogP contribution < -0.4 is 14.8 Å². The number of aromatic nitrogens is 1. The van der Waals surface area contributed by atoms with Gasteiger partial charge < -0.3 is 24.1 Å². The van der Waals surface area contributed by atoms with Crippen LogP contribution in [0.3, 0.4) is 0 Å². The first kappa shape index (κ1) is 17.8. The number of carbonyl (C=O) groups is 2. The van der Waals surface area contributed by atoms with Crippen LogP contribution in [0, 0.1) is 13.8 Å². The molecule has 8 heteroatoms. The fourth-order valence-corrected chi connectivity index (χ4v) is 2.56. The molecular formula is C18H20N2O6. The number of aryl methyl sites for hydroxylation is 2. The molecule has 0 bridgehead atoms. The first-order valence-electron chi connectivity index (χ1n) is 8.26. The average molecular weight is 360 g/mol. The van der Waals surface area contributed by atoms with Crippen molar-refractivity contribution in [3.05, 3.63) is 35.2 Å². The Hall–Kier alpha value is -3.03. The minimum Gasteiger partial charge on any atom is -0.486 e. The number of ether oxygens (including phenoxy) is 3. The summed E-state index contributed by atoms with van der Waals surface area (Å²) in [6, 6.07) is 5.09. The highest BCUT2D eigenvalue weighted by atomic mass is 16.6. The molecule has 1 N–H and O–H groups in total. The molecule has 0 radical (unpaired) electrons. The zero-order chi connectivity index (χ0) is 18.7. The predicted molar refractivity (Wildman–Crippen MR) is 91.3 cm³/mol. The molecule has 0 fully saturated rings. The van der Waals surface area contributed by atoms with E-state index in [1.54, 1.807) is 32.0 Å². The summed E-state index contributed by atoms with van der Waals surface area (Å²) in [7, 11) is 0. The van der Waals surface area contributed by atoms with Crippen molar-refractivity contribution in [3.63, 3.8) is 0 Å². The molecule has 0 spiro atoms. The van der Waals surface area contributed by atoms with Gasteiger partial charge in [-0.15, -0.1) is 0 Å². The van der Waals surface area contributed by atoms with Crippen molar-refractivity contribution in [2.75, 3.05) is 18.5 Å². The van der Waals surface area contributed by atoms with Gasteiger partial charge in [-0.3, -0.25) is 9.59 Å². The molecular weight excluding hydrogens is 340 g/mol. The normalized spacial score (nSPS) is 13.8. The van der Waals surface area contributed by atoms with Crippen molar-refractivity contribution < 1.29 is 28.3 Å². The van der Waals surface area contributed by atoms with Gasteiger partial charge in [0.1, 0.15) is 19.0 Å². The minimum absolute atomic E-state index is 0.00279. The number of anilines is 1. The molecule has 26 heavy (non-hydrogen) atoms. The number of fused-ring (bicyclic) bond motifs is 1. The monoisotopic (exact) mass is 360 g/mol. The first-order valence-corrected chi connectivity index (χ1v) is 8.26. The maximum Gasteiger partial charge on any atom is 0.311 e. The molecule has 1 atom stereocenters. The third-order valence-corrected chi connectivity index (χ3v) is 3.99. The van der Waals surface area contributed by atoms with Crippen LogP contribution in [-0.4, -0.2) is 36.4 Å². The molecule has 2 aromatic rings. The number of amides is 1. The predicted octanol–water partition coefficient (Wildman–Crippen LogP) is 2.18. The van der Waals surface area contributed by atoms with E-state index in [9.17, 15) is 9.59 Å². The molecule has 1 amide bonds. The third kappa shape index (κ3) is 3.96. The summed E-state index contributed by atoms with van der Waals surface area (Å²) in [4.78, 5) is 24.3. The molecule has 0 unspecified atom stereocenters. The van der Waals surface area contributed by atoms with Crippen molar-refractivity contribution in [1.82, 2.24) is 5.16 Å². The van der Waals surface area contributed by atoms with Crippen molar-refractivity contribution >= 4 is 17.6 Å². The number of benzene rings is 1. The summed E-state index contributed by atoms with van der Waals surface area (Å²) < 4.78 is 21.1. The van der Waals surface area contributed by atoms with Crippen molar-refractivity contribution in [3.8, 4) is 11.5 Å². The van der Waals surface area contributed by atoms with Crippen molar-refractivity contribution in [2.45, 2.75) is 33.3 Å². The maximum absolute atomic E-state index is 12.3. The number of hydrogen-bond acceptors (Lipinski definition) is 7. The van der Waals surface area contributed by atoms with Crippen LogP contribution in [0.15, 0.2) is 22.7 Å². The number of hydrogen-bond donors (Lipinski definition) is 1. The van der Waals surface area contributed by atoms with E-state index in [-0.39, 0.29) is 6.42 Å². The zero-order valence-electron chi connectivity index (χ0n) is 14.8. The smallest absolute Gasteiger partial charge is 0.311 e. The van der Waals surface area contributed by atoms with Crippen LogP contribution in [0.5, 0.6) is 11.5 Å². The van der Waals surface area contributed by atoms with Crippen LogP contribution in [0.4, 0.5) is 5.69 Å². The number of esters is 1. The van der Waals surface area contributed by atoms with E-state index < -0.39 is 18.0 Å². The minimum atomic E-state index is -0.948. The second kappa shape index (κ2) is 7.47. The highest BCUT2D eigenvalue weighted by molar-refractivity contribution is 5.95. The van der Waals surface area contributed by atoms with E-state index in [1.807, 2.05) is 0 Å². The second-order valence-corrected chi connectivity index (χ2v) is 5.96. The lowest BCUT2D eigenvalue weighted by Crippen LogP contribution is -2.30. The lowest BCUT2D eigenvalue weighted by Gasteiger charge is -2.19. The largest absolute Gasteiger partial charge is 0.486 e. The van der Waals surface area contributed by atoms with E-state index in [1.165, 1.54) is 6.92 Å². The lowest BCUT2D eigenvalue weighted by atomic mass is 10.1. The molecule has 1 aromatic carbocycles. The number of nitrogens with zero attached hydrogens (tertiary/aromatic N) is 1. The number of carbonyl (C=O) groups excluding carboxylic acids is 2. The van der Waals surface area contributed by atoms with Gasteiger partial charge in [0.15, 0.2) is 17.6 Å². The lowest BCUT2D eigenvalue weighted by molar-refractivity contribution is -0.152. The van der Waals surface area contributed by atoms with Gasteiger partial charge in [0.25, 0.3) is 5.91 Å². The SMILES string of the molecule is Cc1noc(C)c1CC(=O)O[C@H](C)C(=O)Nc1ccc2c(c1)OCCO2. The van der Waals surface area contributed by atoms with E-state index in [2.05, 4.69) is 10.5 Å². The van der Waals surface area contributed by atoms with Gasteiger partial charge in [-0.1, -0.05) is 5.16 Å². The summed E-state index contributed by atoms with van der Waals surface area (Å²) in [6.45, 7) is 5.94. The average Bonchev–Trinajstić information content (AvgIpc) is 2.93. The Balaban J connectivity index is 1.57. The van der Waals surface area contributed by atoms with E-state index in [4.69, 9.17) is 18.7 Å². The van der Waals surface area contributed by atoms with Crippen LogP contribution in [0.1, 0.15) is 23.9 Å². The topological polar surface area (TPSA) is 99.9 Å². The Morgan fingerprint density at radius 1 is 1.23 bits per heavy atom. The fraction of sp³-hybridized carbons (Fsp3) is 0.389. The van der Waals surface area contributed by atoms with Gasteiger partial charge in [-0.2, -0.15) is 0 Å². The summed E-state index contributed by atoms with van der Waals surface area (Å²) in [5.74, 6) is 0.802. The Bertz CT molecular complexity index is 810. The number of nitrogens with one attached hydrogen (secondary N) is 1.